The van der Waals surface area contributed by atoms with Crippen LogP contribution in [-0.4, -0.2) is 24.9 Å². The second-order valence-electron chi connectivity index (χ2n) is 16.8. The predicted octanol–water partition coefficient (Wildman–Crippen LogP) is 14.4. The number of hydrogen-bond donors (Lipinski definition) is 0. The van der Waals surface area contributed by atoms with E-state index in [2.05, 4.69) is 172 Å². The first-order valence-corrected chi connectivity index (χ1v) is 21.4. The molecule has 63 heavy (non-hydrogen) atoms. The van der Waals surface area contributed by atoms with Crippen molar-refractivity contribution in [2.24, 2.45) is 0 Å². The van der Waals surface area contributed by atoms with E-state index in [1.165, 1.54) is 22.3 Å². The molecular weight excluding hydrogens is 767 g/mol. The molecule has 296 valence electrons. The van der Waals surface area contributed by atoms with Gasteiger partial charge in [-0.15, -0.1) is 0 Å². The molecule has 0 saturated carbocycles. The highest BCUT2D eigenvalue weighted by atomic mass is 14.9. The Morgan fingerprint density at radius 3 is 1.49 bits per heavy atom. The van der Waals surface area contributed by atoms with Gasteiger partial charge in [0.15, 0.2) is 5.82 Å². The van der Waals surface area contributed by atoms with Gasteiger partial charge in [0.05, 0.1) is 33.5 Å². The van der Waals surface area contributed by atoms with Gasteiger partial charge in [-0.05, 0) is 74.8 Å². The van der Waals surface area contributed by atoms with Crippen LogP contribution in [0, 0.1) is 0 Å². The molecule has 8 aromatic carbocycles. The van der Waals surface area contributed by atoms with Gasteiger partial charge in [-0.1, -0.05) is 172 Å². The van der Waals surface area contributed by atoms with Gasteiger partial charge in [-0.2, -0.15) is 0 Å². The average Bonchev–Trinajstić information content (AvgIpc) is 3.58. The van der Waals surface area contributed by atoms with Crippen LogP contribution >= 0.6 is 0 Å². The molecule has 11 aromatic rings. The van der Waals surface area contributed by atoms with Crippen LogP contribution in [0.2, 0.25) is 0 Å². The summed E-state index contributed by atoms with van der Waals surface area (Å²) in [6, 6.07) is 66.0. The van der Waals surface area contributed by atoms with Crippen LogP contribution in [0.5, 0.6) is 0 Å². The number of benzene rings is 8. The molecule has 0 radical (unpaired) electrons. The molecule has 0 amide bonds. The van der Waals surface area contributed by atoms with Crippen molar-refractivity contribution in [1.82, 2.24) is 24.9 Å². The number of fused-ring (bicyclic) bond motifs is 7. The van der Waals surface area contributed by atoms with Crippen LogP contribution in [0.25, 0.3) is 111 Å². The fourth-order valence-electron chi connectivity index (χ4n) is 9.62. The summed E-state index contributed by atoms with van der Waals surface area (Å²) in [7, 11) is 0. The molecule has 0 unspecified atom stereocenters. The lowest BCUT2D eigenvalue weighted by atomic mass is 9.81. The van der Waals surface area contributed by atoms with Crippen molar-refractivity contribution >= 4 is 32.8 Å². The summed E-state index contributed by atoms with van der Waals surface area (Å²) >= 11 is 0. The highest BCUT2D eigenvalue weighted by molar-refractivity contribution is 6.19. The molecule has 0 spiro atoms. The van der Waals surface area contributed by atoms with E-state index in [4.69, 9.17) is 24.9 Å². The molecule has 12 rings (SSSR count). The largest absolute Gasteiger partial charge is 0.256 e. The highest BCUT2D eigenvalue weighted by Crippen LogP contribution is 2.51. The summed E-state index contributed by atoms with van der Waals surface area (Å²) in [5, 5.41) is 2.01. The van der Waals surface area contributed by atoms with E-state index >= 15 is 0 Å². The summed E-state index contributed by atoms with van der Waals surface area (Å²) in [5.41, 5.74) is 19.8. The van der Waals surface area contributed by atoms with E-state index in [1.807, 2.05) is 42.7 Å². The third-order valence-electron chi connectivity index (χ3n) is 12.8. The Morgan fingerprint density at radius 1 is 0.365 bits per heavy atom. The predicted molar refractivity (Wildman–Crippen MR) is 258 cm³/mol. The average molecular weight is 806 g/mol. The van der Waals surface area contributed by atoms with Crippen molar-refractivity contribution in [2.75, 3.05) is 0 Å². The third kappa shape index (κ3) is 6.04. The zero-order valence-electron chi connectivity index (χ0n) is 34.8. The number of aromatic nitrogens is 5. The molecule has 0 fully saturated rings. The van der Waals surface area contributed by atoms with Crippen LogP contribution in [-0.2, 0) is 5.41 Å². The van der Waals surface area contributed by atoms with Crippen LogP contribution in [0.1, 0.15) is 25.0 Å². The highest BCUT2D eigenvalue weighted by Gasteiger charge is 2.36. The molecule has 5 heteroatoms. The smallest absolute Gasteiger partial charge is 0.159 e. The molecule has 3 aromatic heterocycles. The molecule has 1 aliphatic carbocycles. The summed E-state index contributed by atoms with van der Waals surface area (Å²) < 4.78 is 0. The first-order chi connectivity index (χ1) is 31.0. The lowest BCUT2D eigenvalue weighted by Gasteiger charge is -2.22. The first-order valence-electron chi connectivity index (χ1n) is 21.4. The Morgan fingerprint density at radius 2 is 0.873 bits per heavy atom. The van der Waals surface area contributed by atoms with E-state index < -0.39 is 0 Å². The summed E-state index contributed by atoms with van der Waals surface area (Å²) in [4.78, 5) is 25.9. The van der Waals surface area contributed by atoms with E-state index in [1.54, 1.807) is 0 Å². The molecule has 0 N–H and O–H groups in total. The van der Waals surface area contributed by atoms with Crippen LogP contribution in [0.3, 0.4) is 0 Å². The number of hydrogen-bond acceptors (Lipinski definition) is 5. The van der Waals surface area contributed by atoms with E-state index in [9.17, 15) is 0 Å². The fourth-order valence-corrected chi connectivity index (χ4v) is 9.62. The normalized spacial score (nSPS) is 12.7. The van der Waals surface area contributed by atoms with Crippen LogP contribution in [0.4, 0.5) is 0 Å². The van der Waals surface area contributed by atoms with Gasteiger partial charge in [0.25, 0.3) is 0 Å². The van der Waals surface area contributed by atoms with E-state index in [0.717, 1.165) is 94.3 Å². The van der Waals surface area contributed by atoms with Crippen molar-refractivity contribution in [3.63, 3.8) is 0 Å². The maximum absolute atomic E-state index is 5.46. The molecule has 3 heterocycles. The standard InChI is InChI=1S/C58H39N5/c1-58(2)47-32-40(41-27-30-49-50(34-41)62-54(39-22-13-6-14-23-39)53(61-49)38-20-11-5-12-21-38)25-28-43(47)44-29-26-42(33-48(44)58)57-60-35-46-45-24-15-31-59-55(45)51(36-16-7-3-8-17-36)52(56(46)63-57)37-18-9-4-10-19-37/h3-35H,1-2H3. The van der Waals surface area contributed by atoms with Gasteiger partial charge < -0.3 is 0 Å². The first kappa shape index (κ1) is 36.7. The fraction of sp³-hybridized carbons (Fsp3) is 0.0517. The monoisotopic (exact) mass is 805 g/mol. The molecular formula is C58H39N5. The van der Waals surface area contributed by atoms with Crippen molar-refractivity contribution in [2.45, 2.75) is 19.3 Å². The van der Waals surface area contributed by atoms with Gasteiger partial charge >= 0.3 is 0 Å². The minimum Gasteiger partial charge on any atom is -0.256 e. The van der Waals surface area contributed by atoms with E-state index in [0.29, 0.717) is 5.82 Å². The number of pyridine rings is 1. The van der Waals surface area contributed by atoms with E-state index in [-0.39, 0.29) is 5.41 Å². The zero-order valence-corrected chi connectivity index (χ0v) is 34.8. The Kier molecular flexibility index (Phi) is 8.44. The minimum absolute atomic E-state index is 0.271. The third-order valence-corrected chi connectivity index (χ3v) is 12.8. The molecule has 0 aliphatic heterocycles. The van der Waals surface area contributed by atoms with Gasteiger partial charge in [-0.3, -0.25) is 4.98 Å². The van der Waals surface area contributed by atoms with Gasteiger partial charge in [0.1, 0.15) is 0 Å². The van der Waals surface area contributed by atoms with Gasteiger partial charge in [0, 0.05) is 56.4 Å². The lowest BCUT2D eigenvalue weighted by molar-refractivity contribution is 0.661. The molecule has 0 saturated heterocycles. The van der Waals surface area contributed by atoms with Crippen LogP contribution in [0.15, 0.2) is 200 Å². The second-order valence-corrected chi connectivity index (χ2v) is 16.8. The lowest BCUT2D eigenvalue weighted by Crippen LogP contribution is -2.15. The molecule has 0 atom stereocenters. The van der Waals surface area contributed by atoms with Crippen molar-refractivity contribution < 1.29 is 0 Å². The Hall–Kier alpha value is -8.15. The number of nitrogens with zero attached hydrogens (tertiary/aromatic N) is 5. The Balaban J connectivity index is 0.955. The van der Waals surface area contributed by atoms with Crippen molar-refractivity contribution in [1.29, 1.82) is 0 Å². The summed E-state index contributed by atoms with van der Waals surface area (Å²) in [5.74, 6) is 0.694. The summed E-state index contributed by atoms with van der Waals surface area (Å²) in [6.07, 6.45) is 3.86. The quantitative estimate of drug-likeness (QED) is 0.157. The van der Waals surface area contributed by atoms with Crippen LogP contribution < -0.4 is 0 Å². The van der Waals surface area contributed by atoms with Crippen molar-refractivity contribution in [3.05, 3.63) is 212 Å². The van der Waals surface area contributed by atoms with Gasteiger partial charge in [0.2, 0.25) is 0 Å². The molecule has 1 aliphatic rings. The molecule has 0 bridgehead atoms. The SMILES string of the molecule is CC1(C)c2cc(-c3ccc4nc(-c5ccccc5)c(-c5ccccc5)nc4c3)ccc2-c2ccc(-c3ncc4c(n3)c(-c3ccccc3)c(-c3ccccc3)c3ncccc34)cc21. The molecule has 5 nitrogen and oxygen atoms in total. The summed E-state index contributed by atoms with van der Waals surface area (Å²) in [6.45, 7) is 4.66. The van der Waals surface area contributed by atoms with Crippen molar-refractivity contribution in [3.8, 4) is 78.4 Å². The zero-order chi connectivity index (χ0) is 42.1. The Bertz CT molecular complexity index is 3570. The topological polar surface area (TPSA) is 64.5 Å². The second kappa shape index (κ2) is 14.5. The maximum Gasteiger partial charge on any atom is 0.159 e. The minimum atomic E-state index is -0.271. The van der Waals surface area contributed by atoms with Gasteiger partial charge in [-0.25, -0.2) is 19.9 Å². The number of rotatable bonds is 6. The Labute approximate surface area is 365 Å². The maximum atomic E-state index is 5.46.